The zero-order chi connectivity index (χ0) is 34.9. The SMILES string of the molecule is COc1c(C)cc2c(c1O)[C@@H]1C3Cc4c(C)c(C)c5c(c4[C@H](CNC(=O)/C=C/c4cccc(C(F)(F)F)c4)N3[C@@H](C#N)[C@H](C2)N1C)OCO5. The summed E-state index contributed by atoms with van der Waals surface area (Å²) in [6, 6.07) is 7.49. The molecule has 7 rings (SSSR count). The Bertz CT molecular complexity index is 1940. The number of nitrogens with one attached hydrogen (secondary N) is 1. The number of nitrogens with zero attached hydrogens (tertiary/aromatic N) is 3. The van der Waals surface area contributed by atoms with Crippen molar-refractivity contribution in [2.45, 2.75) is 70.0 Å². The van der Waals surface area contributed by atoms with Gasteiger partial charge in [0.25, 0.3) is 0 Å². The minimum absolute atomic E-state index is 0.0460. The van der Waals surface area contributed by atoms with Crippen molar-refractivity contribution in [2.24, 2.45) is 0 Å². The van der Waals surface area contributed by atoms with E-state index in [2.05, 4.69) is 21.2 Å². The second kappa shape index (κ2) is 12.0. The highest BCUT2D eigenvalue weighted by Gasteiger charge is 2.56. The number of benzene rings is 3. The summed E-state index contributed by atoms with van der Waals surface area (Å²) in [5.74, 6) is 1.25. The Labute approximate surface area is 282 Å². The van der Waals surface area contributed by atoms with Gasteiger partial charge >= 0.3 is 6.18 Å². The third-order valence-corrected chi connectivity index (χ3v) is 10.8. The Morgan fingerprint density at radius 2 is 1.88 bits per heavy atom. The average molecular weight is 675 g/mol. The first-order valence-corrected chi connectivity index (χ1v) is 16.2. The maximum atomic E-state index is 13.3. The van der Waals surface area contributed by atoms with Gasteiger partial charge in [-0.05, 0) is 92.2 Å². The van der Waals surface area contributed by atoms with Crippen LogP contribution >= 0.6 is 0 Å². The van der Waals surface area contributed by atoms with Crippen LogP contribution in [0, 0.1) is 32.1 Å². The smallest absolute Gasteiger partial charge is 0.416 e. The molecule has 2 bridgehead atoms. The van der Waals surface area contributed by atoms with Gasteiger partial charge < -0.3 is 24.6 Å². The molecule has 0 saturated carbocycles. The zero-order valence-corrected chi connectivity index (χ0v) is 27.8. The van der Waals surface area contributed by atoms with Gasteiger partial charge in [0.05, 0.1) is 30.8 Å². The number of phenols is 1. The summed E-state index contributed by atoms with van der Waals surface area (Å²) in [6.07, 6.45) is -0.868. The number of aryl methyl sites for hydroxylation is 1. The van der Waals surface area contributed by atoms with Crippen molar-refractivity contribution < 1.29 is 37.3 Å². The van der Waals surface area contributed by atoms with E-state index in [0.29, 0.717) is 30.1 Å². The first-order chi connectivity index (χ1) is 23.3. The lowest BCUT2D eigenvalue weighted by Gasteiger charge is -2.60. The van der Waals surface area contributed by atoms with E-state index < -0.39 is 29.7 Å². The molecule has 3 aromatic carbocycles. The number of piperazine rings is 1. The van der Waals surface area contributed by atoms with Crippen LogP contribution in [0.25, 0.3) is 6.08 Å². The summed E-state index contributed by atoms with van der Waals surface area (Å²) in [5, 5.41) is 25.4. The molecule has 4 aliphatic rings. The number of nitriles is 1. The first-order valence-electron chi connectivity index (χ1n) is 16.2. The molecule has 1 saturated heterocycles. The van der Waals surface area contributed by atoms with E-state index in [4.69, 9.17) is 14.2 Å². The summed E-state index contributed by atoms with van der Waals surface area (Å²) in [5.41, 5.74) is 5.88. The van der Waals surface area contributed by atoms with Crippen LogP contribution in [-0.4, -0.2) is 66.4 Å². The number of alkyl halides is 3. The number of aromatic hydroxyl groups is 1. The van der Waals surface area contributed by atoms with Crippen molar-refractivity contribution in [2.75, 3.05) is 27.5 Å². The molecule has 3 aromatic rings. The third-order valence-electron chi connectivity index (χ3n) is 10.8. The molecule has 0 radical (unpaired) electrons. The molecule has 5 atom stereocenters. The molecule has 1 fully saturated rings. The predicted molar refractivity (Wildman–Crippen MR) is 174 cm³/mol. The van der Waals surface area contributed by atoms with E-state index in [1.54, 1.807) is 0 Å². The van der Waals surface area contributed by atoms with Crippen LogP contribution in [0.3, 0.4) is 0 Å². The number of hydrogen-bond acceptors (Lipinski definition) is 8. The first kappa shape index (κ1) is 32.8. The summed E-state index contributed by atoms with van der Waals surface area (Å²) in [6.45, 7) is 6.05. The molecule has 0 spiro atoms. The van der Waals surface area contributed by atoms with Crippen LogP contribution in [0.1, 0.15) is 62.2 Å². The fourth-order valence-electron chi connectivity index (χ4n) is 8.48. The number of amides is 1. The van der Waals surface area contributed by atoms with Gasteiger partial charge in [0, 0.05) is 35.8 Å². The molecule has 0 aromatic heterocycles. The van der Waals surface area contributed by atoms with Crippen LogP contribution in [-0.2, 0) is 23.8 Å². The van der Waals surface area contributed by atoms with Crippen LogP contribution in [0.5, 0.6) is 23.0 Å². The fourth-order valence-corrected chi connectivity index (χ4v) is 8.48. The lowest BCUT2D eigenvalue weighted by molar-refractivity contribution is -0.137. The van der Waals surface area contributed by atoms with Gasteiger partial charge in [-0.2, -0.15) is 18.4 Å². The molecule has 9 nitrogen and oxygen atoms in total. The standard InChI is InChI=1S/C37H37F3N4O5/c1-18-11-22-13-25-27(15-41)44-26(32(43(25)4)30(22)33(46)34(18)47-5)14-24-19(2)20(3)35-36(49-17-48-35)31(24)28(44)16-42-29(45)10-9-21-7-6-8-23(12-21)37(38,39)40/h6-12,25-28,32,46H,13-14,16-17H2,1-5H3,(H,42,45)/b10-9+/t25-,26?,27-,28-,32-/m0/s1. The molecule has 1 amide bonds. The molecule has 4 aliphatic heterocycles. The van der Waals surface area contributed by atoms with E-state index in [1.165, 1.54) is 31.4 Å². The van der Waals surface area contributed by atoms with E-state index in [0.717, 1.165) is 51.1 Å². The Morgan fingerprint density at radius 1 is 1.12 bits per heavy atom. The number of phenolic OH excluding ortho intramolecular Hbond substituents is 1. The number of ether oxygens (including phenoxy) is 3. The van der Waals surface area contributed by atoms with Crippen LogP contribution < -0.4 is 19.5 Å². The molecule has 2 N–H and O–H groups in total. The summed E-state index contributed by atoms with van der Waals surface area (Å²) >= 11 is 0. The van der Waals surface area contributed by atoms with Crippen molar-refractivity contribution in [3.05, 3.63) is 86.5 Å². The maximum Gasteiger partial charge on any atom is 0.416 e. The summed E-state index contributed by atoms with van der Waals surface area (Å²) in [7, 11) is 3.53. The summed E-state index contributed by atoms with van der Waals surface area (Å²) in [4.78, 5) is 17.6. The molecule has 4 heterocycles. The van der Waals surface area contributed by atoms with Gasteiger partial charge in [0.15, 0.2) is 23.0 Å². The zero-order valence-electron chi connectivity index (χ0n) is 27.8. The number of rotatable bonds is 5. The van der Waals surface area contributed by atoms with Gasteiger partial charge in [0.2, 0.25) is 12.7 Å². The quantitative estimate of drug-likeness (QED) is 0.334. The minimum Gasteiger partial charge on any atom is -0.504 e. The Kier molecular flexibility index (Phi) is 8.03. The van der Waals surface area contributed by atoms with Gasteiger partial charge in [-0.3, -0.25) is 14.6 Å². The van der Waals surface area contributed by atoms with Crippen molar-refractivity contribution in [1.82, 2.24) is 15.1 Å². The number of hydrogen-bond donors (Lipinski definition) is 2. The van der Waals surface area contributed by atoms with E-state index in [1.807, 2.05) is 33.9 Å². The monoisotopic (exact) mass is 674 g/mol. The molecular formula is C37H37F3N4O5. The average Bonchev–Trinajstić information content (AvgIpc) is 3.55. The highest BCUT2D eigenvalue weighted by atomic mass is 19.4. The Balaban J connectivity index is 1.31. The van der Waals surface area contributed by atoms with Crippen molar-refractivity contribution >= 4 is 12.0 Å². The number of fused-ring (bicyclic) bond motifs is 9. The van der Waals surface area contributed by atoms with Gasteiger partial charge in [0.1, 0.15) is 6.04 Å². The minimum atomic E-state index is -4.50. The second-order valence-electron chi connectivity index (χ2n) is 13.2. The number of carbonyl (C=O) groups is 1. The highest BCUT2D eigenvalue weighted by molar-refractivity contribution is 5.91. The van der Waals surface area contributed by atoms with Crippen LogP contribution in [0.2, 0.25) is 0 Å². The second-order valence-corrected chi connectivity index (χ2v) is 13.2. The van der Waals surface area contributed by atoms with E-state index in [-0.39, 0.29) is 42.8 Å². The normalized spacial score (nSPS) is 24.2. The topological polar surface area (TPSA) is 107 Å². The lowest BCUT2D eigenvalue weighted by atomic mass is 9.71. The molecular weight excluding hydrogens is 637 g/mol. The van der Waals surface area contributed by atoms with Gasteiger partial charge in [-0.25, -0.2) is 0 Å². The van der Waals surface area contributed by atoms with Crippen molar-refractivity contribution in [3.63, 3.8) is 0 Å². The molecule has 256 valence electrons. The third kappa shape index (κ3) is 5.18. The maximum absolute atomic E-state index is 13.3. The van der Waals surface area contributed by atoms with Crippen molar-refractivity contribution in [3.8, 4) is 29.1 Å². The molecule has 1 unspecified atom stereocenters. The number of likely N-dealkylation sites (N-methyl/N-ethyl adjacent to an activating group) is 1. The predicted octanol–water partition coefficient (Wildman–Crippen LogP) is 5.67. The van der Waals surface area contributed by atoms with E-state index >= 15 is 0 Å². The highest BCUT2D eigenvalue weighted by Crippen LogP contribution is 2.57. The van der Waals surface area contributed by atoms with Crippen LogP contribution in [0.4, 0.5) is 13.2 Å². The van der Waals surface area contributed by atoms with Gasteiger partial charge in [-0.1, -0.05) is 18.2 Å². The largest absolute Gasteiger partial charge is 0.504 e. The lowest BCUT2D eigenvalue weighted by Crippen LogP contribution is -2.68. The number of halogens is 3. The Hall–Kier alpha value is -4.73. The van der Waals surface area contributed by atoms with Crippen LogP contribution in [0.15, 0.2) is 36.4 Å². The van der Waals surface area contributed by atoms with Gasteiger partial charge in [-0.15, -0.1) is 0 Å². The molecule has 49 heavy (non-hydrogen) atoms. The number of methoxy groups -OCH3 is 1. The fraction of sp³-hybridized carbons (Fsp3) is 0.405. The Morgan fingerprint density at radius 3 is 2.59 bits per heavy atom. The van der Waals surface area contributed by atoms with E-state index in [9.17, 15) is 28.3 Å². The molecule has 12 heteroatoms. The molecule has 0 aliphatic carbocycles. The van der Waals surface area contributed by atoms with Crippen molar-refractivity contribution in [1.29, 1.82) is 5.26 Å². The summed E-state index contributed by atoms with van der Waals surface area (Å²) < 4.78 is 57.4. The number of carbonyl (C=O) groups excluding carboxylic acids is 1.